The Labute approximate surface area is 178 Å². The number of amides is 2. The second-order valence-corrected chi connectivity index (χ2v) is 8.15. The lowest BCUT2D eigenvalue weighted by Gasteiger charge is -2.07. The number of fused-ring (bicyclic) bond motifs is 1. The minimum absolute atomic E-state index is 0.119. The lowest BCUT2D eigenvalue weighted by atomic mass is 10.2. The normalized spacial score (nSPS) is 10.9. The Balaban J connectivity index is 1.49. The van der Waals surface area contributed by atoms with Gasteiger partial charge in [-0.3, -0.25) is 14.3 Å². The Morgan fingerprint density at radius 3 is 2.57 bits per heavy atom. The quantitative estimate of drug-likeness (QED) is 0.489. The minimum Gasteiger partial charge on any atom is -0.347 e. The van der Waals surface area contributed by atoms with E-state index in [-0.39, 0.29) is 11.8 Å². The molecule has 152 valence electrons. The van der Waals surface area contributed by atoms with Gasteiger partial charge in [0, 0.05) is 24.5 Å². The van der Waals surface area contributed by atoms with Crippen LogP contribution in [0.15, 0.2) is 60.7 Å². The molecule has 2 N–H and O–H groups in total. The van der Waals surface area contributed by atoms with Crippen LogP contribution >= 0.6 is 11.3 Å². The molecule has 2 aromatic heterocycles. The molecule has 2 amide bonds. The van der Waals surface area contributed by atoms with Gasteiger partial charge < -0.3 is 10.6 Å². The van der Waals surface area contributed by atoms with E-state index in [1.54, 1.807) is 0 Å². The van der Waals surface area contributed by atoms with Gasteiger partial charge in [0.25, 0.3) is 5.91 Å². The van der Waals surface area contributed by atoms with Crippen molar-refractivity contribution in [1.29, 1.82) is 0 Å². The molecule has 2 heterocycles. The largest absolute Gasteiger partial charge is 0.347 e. The van der Waals surface area contributed by atoms with Crippen molar-refractivity contribution in [2.45, 2.75) is 26.9 Å². The second-order valence-electron chi connectivity index (χ2n) is 7.12. The average molecular weight is 419 g/mol. The van der Waals surface area contributed by atoms with Gasteiger partial charge in [0.15, 0.2) is 0 Å². The number of thiophene rings is 1. The molecule has 0 radical (unpaired) electrons. The van der Waals surface area contributed by atoms with Gasteiger partial charge in [-0.05, 0) is 36.2 Å². The van der Waals surface area contributed by atoms with Crippen LogP contribution in [-0.4, -0.2) is 21.6 Å². The first-order valence-electron chi connectivity index (χ1n) is 9.65. The summed E-state index contributed by atoms with van der Waals surface area (Å²) in [6, 6.07) is 19.5. The third-order valence-corrected chi connectivity index (χ3v) is 5.85. The zero-order valence-electron chi connectivity index (χ0n) is 16.8. The number of hydrogen-bond acceptors (Lipinski definition) is 4. The van der Waals surface area contributed by atoms with E-state index in [1.165, 1.54) is 23.8 Å². The third-order valence-electron chi connectivity index (χ3n) is 4.71. The fraction of sp³-hybridized carbons (Fsp3) is 0.174. The minimum atomic E-state index is -0.124. The van der Waals surface area contributed by atoms with Crippen LogP contribution in [-0.2, 0) is 17.9 Å². The maximum Gasteiger partial charge on any atom is 0.261 e. The maximum absolute atomic E-state index is 12.7. The Bertz CT molecular complexity index is 1210. The van der Waals surface area contributed by atoms with Gasteiger partial charge in [0.05, 0.1) is 17.1 Å². The molecule has 0 bridgehead atoms. The van der Waals surface area contributed by atoms with Crippen molar-refractivity contribution in [3.63, 3.8) is 0 Å². The number of carbonyl (C=O) groups excluding carboxylic acids is 2. The van der Waals surface area contributed by atoms with Gasteiger partial charge in [-0.1, -0.05) is 42.5 Å². The van der Waals surface area contributed by atoms with E-state index < -0.39 is 0 Å². The SMILES string of the molecule is CC(=O)Nc1cccc(CNC(=O)c2cc3c(C)nn(Cc4ccccc4)c3s2)c1. The Morgan fingerprint density at radius 2 is 1.80 bits per heavy atom. The summed E-state index contributed by atoms with van der Waals surface area (Å²) in [5, 5.41) is 11.4. The van der Waals surface area contributed by atoms with E-state index in [4.69, 9.17) is 0 Å². The first-order chi connectivity index (χ1) is 14.5. The number of hydrogen-bond donors (Lipinski definition) is 2. The van der Waals surface area contributed by atoms with Crippen molar-refractivity contribution in [2.75, 3.05) is 5.32 Å². The fourth-order valence-corrected chi connectivity index (χ4v) is 4.40. The molecule has 7 heteroatoms. The van der Waals surface area contributed by atoms with Crippen molar-refractivity contribution < 1.29 is 9.59 Å². The topological polar surface area (TPSA) is 76.0 Å². The first-order valence-corrected chi connectivity index (χ1v) is 10.5. The molecule has 0 aliphatic rings. The highest BCUT2D eigenvalue weighted by Gasteiger charge is 2.16. The fourth-order valence-electron chi connectivity index (χ4n) is 3.32. The molecule has 0 saturated heterocycles. The molecular weight excluding hydrogens is 396 g/mol. The van der Waals surface area contributed by atoms with Crippen LogP contribution in [0.5, 0.6) is 0 Å². The average Bonchev–Trinajstić information content (AvgIpc) is 3.28. The number of nitrogens with zero attached hydrogens (tertiary/aromatic N) is 2. The number of nitrogens with one attached hydrogen (secondary N) is 2. The van der Waals surface area contributed by atoms with E-state index >= 15 is 0 Å². The van der Waals surface area contributed by atoms with Crippen molar-refractivity contribution in [3.8, 4) is 0 Å². The number of aryl methyl sites for hydroxylation is 1. The molecule has 30 heavy (non-hydrogen) atoms. The molecule has 0 aliphatic carbocycles. The molecule has 0 unspecified atom stereocenters. The van der Waals surface area contributed by atoms with Gasteiger partial charge in [-0.15, -0.1) is 11.3 Å². The monoisotopic (exact) mass is 418 g/mol. The van der Waals surface area contributed by atoms with E-state index in [1.807, 2.05) is 60.1 Å². The molecule has 0 atom stereocenters. The highest BCUT2D eigenvalue weighted by Crippen LogP contribution is 2.29. The van der Waals surface area contributed by atoms with Gasteiger partial charge in [0.1, 0.15) is 4.83 Å². The zero-order chi connectivity index (χ0) is 21.1. The summed E-state index contributed by atoms with van der Waals surface area (Å²) in [6.45, 7) is 4.49. The Kier molecular flexibility index (Phi) is 5.63. The highest BCUT2D eigenvalue weighted by atomic mass is 32.1. The number of carbonyl (C=O) groups is 2. The van der Waals surface area contributed by atoms with Gasteiger partial charge in [-0.25, -0.2) is 0 Å². The number of rotatable bonds is 6. The van der Waals surface area contributed by atoms with Crippen molar-refractivity contribution >= 4 is 39.1 Å². The van der Waals surface area contributed by atoms with Crippen LogP contribution in [0.2, 0.25) is 0 Å². The van der Waals surface area contributed by atoms with Crippen LogP contribution in [0.25, 0.3) is 10.2 Å². The lowest BCUT2D eigenvalue weighted by molar-refractivity contribution is -0.114. The van der Waals surface area contributed by atoms with Gasteiger partial charge >= 0.3 is 0 Å². The van der Waals surface area contributed by atoms with Crippen LogP contribution in [0.3, 0.4) is 0 Å². The van der Waals surface area contributed by atoms with Crippen molar-refractivity contribution in [1.82, 2.24) is 15.1 Å². The summed E-state index contributed by atoms with van der Waals surface area (Å²) in [5.41, 5.74) is 3.72. The molecule has 2 aromatic carbocycles. The Hall–Kier alpha value is -3.45. The maximum atomic E-state index is 12.7. The molecule has 4 aromatic rings. The van der Waals surface area contributed by atoms with E-state index in [2.05, 4.69) is 27.9 Å². The predicted octanol–water partition coefficient (Wildman–Crippen LogP) is 4.34. The number of benzene rings is 2. The standard InChI is InChI=1S/C23H22N4O2S/c1-15-20-12-21(30-23(20)27(26-15)14-17-7-4-3-5-8-17)22(29)24-13-18-9-6-10-19(11-18)25-16(2)28/h3-12H,13-14H2,1-2H3,(H,24,29)(H,25,28). The highest BCUT2D eigenvalue weighted by molar-refractivity contribution is 7.20. The summed E-state index contributed by atoms with van der Waals surface area (Å²) >= 11 is 1.45. The van der Waals surface area contributed by atoms with Crippen LogP contribution in [0.4, 0.5) is 5.69 Å². The molecule has 0 fully saturated rings. The van der Waals surface area contributed by atoms with E-state index in [9.17, 15) is 9.59 Å². The van der Waals surface area contributed by atoms with Gasteiger partial charge in [-0.2, -0.15) is 5.10 Å². The lowest BCUT2D eigenvalue weighted by Crippen LogP contribution is -2.21. The summed E-state index contributed by atoms with van der Waals surface area (Å²) in [6.07, 6.45) is 0. The van der Waals surface area contributed by atoms with E-state index in [0.717, 1.165) is 21.5 Å². The first kappa shape index (κ1) is 19.8. The van der Waals surface area contributed by atoms with Crippen LogP contribution in [0, 0.1) is 6.92 Å². The molecule has 6 nitrogen and oxygen atoms in total. The summed E-state index contributed by atoms with van der Waals surface area (Å²) in [7, 11) is 0. The van der Waals surface area contributed by atoms with E-state index in [0.29, 0.717) is 23.7 Å². The molecular formula is C23H22N4O2S. The summed E-state index contributed by atoms with van der Waals surface area (Å²) in [4.78, 5) is 25.6. The predicted molar refractivity (Wildman–Crippen MR) is 120 cm³/mol. The van der Waals surface area contributed by atoms with Crippen LogP contribution in [0.1, 0.15) is 33.4 Å². The summed E-state index contributed by atoms with van der Waals surface area (Å²) in [5.74, 6) is -0.242. The summed E-state index contributed by atoms with van der Waals surface area (Å²) < 4.78 is 1.96. The number of aromatic nitrogens is 2. The smallest absolute Gasteiger partial charge is 0.261 e. The molecule has 0 saturated carbocycles. The van der Waals surface area contributed by atoms with Crippen molar-refractivity contribution in [3.05, 3.63) is 82.4 Å². The Morgan fingerprint density at radius 1 is 1.03 bits per heavy atom. The van der Waals surface area contributed by atoms with Crippen LogP contribution < -0.4 is 10.6 Å². The van der Waals surface area contributed by atoms with Gasteiger partial charge in [0.2, 0.25) is 5.91 Å². The molecule has 4 rings (SSSR count). The van der Waals surface area contributed by atoms with Crippen molar-refractivity contribution in [2.24, 2.45) is 0 Å². The third kappa shape index (κ3) is 4.41. The second kappa shape index (κ2) is 8.51. The zero-order valence-corrected chi connectivity index (χ0v) is 17.6. The molecule has 0 aliphatic heterocycles. The molecule has 0 spiro atoms. The number of anilines is 1.